The van der Waals surface area contributed by atoms with Crippen LogP contribution in [0, 0.1) is 5.41 Å². The topological polar surface area (TPSA) is 94.6 Å². The largest absolute Gasteiger partial charge is 0.444 e. The summed E-state index contributed by atoms with van der Waals surface area (Å²) >= 11 is 0. The maximum atomic E-state index is 13.5. The van der Waals surface area contributed by atoms with Crippen LogP contribution in [0.3, 0.4) is 0 Å². The van der Waals surface area contributed by atoms with E-state index in [1.165, 1.54) is 0 Å². The monoisotopic (exact) mass is 490 g/mol. The van der Waals surface area contributed by atoms with Gasteiger partial charge < -0.3 is 14.8 Å². The van der Waals surface area contributed by atoms with E-state index in [1.807, 2.05) is 24.3 Å². The minimum Gasteiger partial charge on any atom is -0.444 e. The molecule has 3 aromatic rings. The molecule has 0 aliphatic carbocycles. The van der Waals surface area contributed by atoms with Gasteiger partial charge in [0.1, 0.15) is 17.1 Å². The number of benzene rings is 2. The molecule has 0 saturated carbocycles. The van der Waals surface area contributed by atoms with Gasteiger partial charge in [0.05, 0.1) is 11.3 Å². The first-order chi connectivity index (χ1) is 16.8. The van der Waals surface area contributed by atoms with Crippen LogP contribution >= 0.6 is 0 Å². The van der Waals surface area contributed by atoms with Gasteiger partial charge in [-0.15, -0.1) is 0 Å². The molecule has 0 spiro atoms. The van der Waals surface area contributed by atoms with Crippen molar-refractivity contribution in [2.45, 2.75) is 59.5 Å². The predicted octanol–water partition coefficient (Wildman–Crippen LogP) is 5.61. The number of nitrogens with one attached hydrogen (secondary N) is 1. The number of alkyl carbamates (subject to hydrolysis) is 1. The van der Waals surface area contributed by atoms with Crippen molar-refractivity contribution in [2.75, 3.05) is 6.54 Å². The third kappa shape index (κ3) is 7.63. The number of hydrogen-bond acceptors (Lipinski definition) is 6. The Balaban J connectivity index is 1.80. The number of Topliss-reactive ketones (excluding diaryl/α,β-unsaturated/α-hetero) is 1. The normalized spacial score (nSPS) is 12.6. The summed E-state index contributed by atoms with van der Waals surface area (Å²) in [5.41, 5.74) is 0.292. The zero-order valence-electron chi connectivity index (χ0n) is 21.8. The van der Waals surface area contributed by atoms with E-state index in [9.17, 15) is 14.4 Å². The average Bonchev–Trinajstić information content (AvgIpc) is 2.78. The summed E-state index contributed by atoms with van der Waals surface area (Å²) in [5.74, 6) is -0.619. The molecule has 190 valence electrons. The van der Waals surface area contributed by atoms with Crippen molar-refractivity contribution in [3.63, 3.8) is 0 Å². The van der Waals surface area contributed by atoms with Crippen molar-refractivity contribution in [3.8, 4) is 5.75 Å². The third-order valence-corrected chi connectivity index (χ3v) is 5.43. The quantitative estimate of drug-likeness (QED) is 0.342. The molecule has 7 nitrogen and oxygen atoms in total. The molecule has 0 aliphatic rings. The van der Waals surface area contributed by atoms with E-state index in [1.54, 1.807) is 78.2 Å². The Morgan fingerprint density at radius 1 is 0.917 bits per heavy atom. The van der Waals surface area contributed by atoms with Gasteiger partial charge in [0.2, 0.25) is 0 Å². The van der Waals surface area contributed by atoms with E-state index in [2.05, 4.69) is 10.3 Å². The van der Waals surface area contributed by atoms with Crippen molar-refractivity contribution < 1.29 is 23.9 Å². The molecule has 36 heavy (non-hydrogen) atoms. The van der Waals surface area contributed by atoms with Gasteiger partial charge in [0.25, 0.3) is 0 Å². The summed E-state index contributed by atoms with van der Waals surface area (Å²) in [6.45, 7) is 10.8. The lowest BCUT2D eigenvalue weighted by molar-refractivity contribution is -0.143. The molecular formula is C29H34N2O5. The fourth-order valence-electron chi connectivity index (χ4n) is 3.51. The van der Waals surface area contributed by atoms with Crippen LogP contribution in [0.2, 0.25) is 0 Å². The van der Waals surface area contributed by atoms with Crippen molar-refractivity contribution >= 4 is 28.6 Å². The van der Waals surface area contributed by atoms with Gasteiger partial charge in [-0.05, 0) is 76.3 Å². The number of nitrogens with zero attached hydrogens (tertiary/aromatic N) is 1. The smallest absolute Gasteiger partial charge is 0.407 e. The molecule has 1 aromatic heterocycles. The van der Waals surface area contributed by atoms with Gasteiger partial charge in [-0.3, -0.25) is 14.6 Å². The highest BCUT2D eigenvalue weighted by Gasteiger charge is 2.26. The third-order valence-electron chi connectivity index (χ3n) is 5.43. The van der Waals surface area contributed by atoms with Crippen LogP contribution in [0.5, 0.6) is 5.75 Å². The highest BCUT2D eigenvalue weighted by molar-refractivity contribution is 5.90. The molecular weight excluding hydrogens is 456 g/mol. The number of ketones is 1. The number of carbonyl (C=O) groups is 3. The van der Waals surface area contributed by atoms with E-state index in [4.69, 9.17) is 9.47 Å². The summed E-state index contributed by atoms with van der Waals surface area (Å²) < 4.78 is 10.8. The minimum atomic E-state index is -0.651. The lowest BCUT2D eigenvalue weighted by atomic mass is 9.90. The fraction of sp³-hybridized carbons (Fsp3) is 0.379. The number of amides is 1. The maximum Gasteiger partial charge on any atom is 0.407 e. The van der Waals surface area contributed by atoms with Gasteiger partial charge in [0.15, 0.2) is 0 Å². The van der Waals surface area contributed by atoms with Crippen LogP contribution < -0.4 is 10.1 Å². The van der Waals surface area contributed by atoms with Gasteiger partial charge in [-0.1, -0.05) is 30.3 Å². The number of fused-ring (bicyclic) bond motifs is 1. The molecule has 2 aromatic carbocycles. The van der Waals surface area contributed by atoms with E-state index in [0.717, 1.165) is 16.3 Å². The van der Waals surface area contributed by atoms with E-state index < -0.39 is 23.0 Å². The number of carbonyl (C=O) groups excluding carboxylic acids is 3. The lowest BCUT2D eigenvalue weighted by Crippen LogP contribution is -2.36. The molecule has 1 N–H and O–H groups in total. The van der Waals surface area contributed by atoms with E-state index in [0.29, 0.717) is 11.3 Å². The van der Waals surface area contributed by atoms with Crippen LogP contribution in [0.25, 0.3) is 10.8 Å². The van der Waals surface area contributed by atoms with Gasteiger partial charge in [0, 0.05) is 30.7 Å². The van der Waals surface area contributed by atoms with Crippen molar-refractivity contribution in [1.82, 2.24) is 10.3 Å². The van der Waals surface area contributed by atoms with Gasteiger partial charge in [-0.25, -0.2) is 4.79 Å². The first-order valence-electron chi connectivity index (χ1n) is 12.0. The molecule has 1 atom stereocenters. The van der Waals surface area contributed by atoms with Gasteiger partial charge >= 0.3 is 12.1 Å². The number of pyridine rings is 1. The maximum absolute atomic E-state index is 13.5. The van der Waals surface area contributed by atoms with Crippen molar-refractivity contribution in [3.05, 3.63) is 72.1 Å². The van der Waals surface area contributed by atoms with Crippen molar-refractivity contribution in [2.24, 2.45) is 5.41 Å². The molecule has 3 rings (SSSR count). The van der Waals surface area contributed by atoms with E-state index >= 15 is 0 Å². The summed E-state index contributed by atoms with van der Waals surface area (Å²) in [5, 5.41) is 4.73. The number of hydrogen-bond donors (Lipinski definition) is 1. The molecule has 0 bridgehead atoms. The standard InChI is InChI=1S/C29H34N2O5/c1-28(2,3)26(33)35-23-11-9-20(10-12-23)24(18-31-27(34)36-29(4,5)6)25(32)16-19-7-8-22-17-30-14-13-21(22)15-19/h7-15,17,24H,16,18H2,1-6H3,(H,31,34). The molecule has 1 amide bonds. The Morgan fingerprint density at radius 2 is 1.61 bits per heavy atom. The second-order valence-electron chi connectivity index (χ2n) is 10.8. The number of rotatable bonds is 7. The average molecular weight is 491 g/mol. The van der Waals surface area contributed by atoms with Crippen LogP contribution in [0.15, 0.2) is 60.9 Å². The molecule has 0 aliphatic heterocycles. The Morgan fingerprint density at radius 3 is 2.25 bits per heavy atom. The Kier molecular flexibility index (Phi) is 8.13. The molecule has 1 unspecified atom stereocenters. The second-order valence-corrected chi connectivity index (χ2v) is 10.8. The summed E-state index contributed by atoms with van der Waals surface area (Å²) in [6, 6.07) is 14.6. The Hall–Kier alpha value is -3.74. The molecule has 1 heterocycles. The number of aromatic nitrogens is 1. The van der Waals surface area contributed by atoms with Gasteiger partial charge in [-0.2, -0.15) is 0 Å². The number of ether oxygens (including phenoxy) is 2. The molecule has 7 heteroatoms. The summed E-state index contributed by atoms with van der Waals surface area (Å²) in [6.07, 6.45) is 3.10. The first kappa shape index (κ1) is 26.9. The molecule has 0 radical (unpaired) electrons. The fourth-order valence-corrected chi connectivity index (χ4v) is 3.51. The highest BCUT2D eigenvalue weighted by Crippen LogP contribution is 2.25. The van der Waals surface area contributed by atoms with Crippen LogP contribution in [0.1, 0.15) is 58.6 Å². The SMILES string of the molecule is CC(C)(C)OC(=O)NCC(C(=O)Cc1ccc2cnccc2c1)c1ccc(OC(=O)C(C)(C)C)cc1. The number of esters is 1. The van der Waals surface area contributed by atoms with Crippen LogP contribution in [0.4, 0.5) is 4.79 Å². The zero-order valence-corrected chi connectivity index (χ0v) is 21.8. The Bertz CT molecular complexity index is 1240. The van der Waals surface area contributed by atoms with E-state index in [-0.39, 0.29) is 24.7 Å². The Labute approximate surface area is 212 Å². The molecule has 0 fully saturated rings. The zero-order chi connectivity index (χ0) is 26.5. The predicted molar refractivity (Wildman–Crippen MR) is 139 cm³/mol. The highest BCUT2D eigenvalue weighted by atomic mass is 16.6. The first-order valence-corrected chi connectivity index (χ1v) is 12.0. The lowest BCUT2D eigenvalue weighted by Gasteiger charge is -2.22. The van der Waals surface area contributed by atoms with Crippen LogP contribution in [-0.4, -0.2) is 35.0 Å². The summed E-state index contributed by atoms with van der Waals surface area (Å²) in [7, 11) is 0. The second kappa shape index (κ2) is 10.9. The van der Waals surface area contributed by atoms with Crippen LogP contribution in [-0.2, 0) is 20.7 Å². The minimum absolute atomic E-state index is 0.0566. The molecule has 0 saturated heterocycles. The van der Waals surface area contributed by atoms with Crippen molar-refractivity contribution in [1.29, 1.82) is 0 Å². The summed E-state index contributed by atoms with van der Waals surface area (Å²) in [4.78, 5) is 42.1.